The van der Waals surface area contributed by atoms with Gasteiger partial charge in [0.1, 0.15) is 17.3 Å². The summed E-state index contributed by atoms with van der Waals surface area (Å²) in [5, 5.41) is 10.5. The molecule has 4 rings (SSSR count). The number of aryl methyl sites for hydroxylation is 1. The zero-order valence-corrected chi connectivity index (χ0v) is 18.4. The minimum absolute atomic E-state index is 0.138. The van der Waals surface area contributed by atoms with Crippen molar-refractivity contribution in [3.05, 3.63) is 70.7 Å². The van der Waals surface area contributed by atoms with Crippen LogP contribution < -0.4 is 14.8 Å². The van der Waals surface area contributed by atoms with Crippen LogP contribution in [-0.4, -0.2) is 34.4 Å². The summed E-state index contributed by atoms with van der Waals surface area (Å²) in [7, 11) is 1.63. The lowest BCUT2D eigenvalue weighted by atomic mass is 10.2. The van der Waals surface area contributed by atoms with Crippen LogP contribution in [0.4, 0.5) is 5.82 Å². The van der Waals surface area contributed by atoms with Gasteiger partial charge in [0.2, 0.25) is 5.13 Å². The maximum atomic E-state index is 12.4. The lowest BCUT2D eigenvalue weighted by molar-refractivity contribution is -0.118. The summed E-state index contributed by atoms with van der Waals surface area (Å²) in [6, 6.07) is 16.3. The number of hydrogen-bond acceptors (Lipinski definition) is 6. The zero-order chi connectivity index (χ0) is 21.8. The Kier molecular flexibility index (Phi) is 6.20. The zero-order valence-electron chi connectivity index (χ0n) is 16.8. The molecule has 2 aromatic carbocycles. The first-order chi connectivity index (χ1) is 15.0. The molecule has 31 heavy (non-hydrogen) atoms. The SMILES string of the molecule is COc1ccc(-c2csc(-n3nc(C)cc3NC(=O)COc3ccc(Cl)cc3)n2)cc1. The summed E-state index contributed by atoms with van der Waals surface area (Å²) < 4.78 is 12.3. The molecule has 0 saturated heterocycles. The highest BCUT2D eigenvalue weighted by molar-refractivity contribution is 7.12. The number of carbonyl (C=O) groups is 1. The summed E-state index contributed by atoms with van der Waals surface area (Å²) in [4.78, 5) is 17.1. The molecule has 0 aliphatic rings. The highest BCUT2D eigenvalue weighted by atomic mass is 35.5. The van der Waals surface area contributed by atoms with E-state index in [1.54, 1.807) is 42.1 Å². The lowest BCUT2D eigenvalue weighted by Crippen LogP contribution is -2.21. The normalized spacial score (nSPS) is 10.7. The van der Waals surface area contributed by atoms with Gasteiger partial charge in [0.25, 0.3) is 5.91 Å². The molecule has 2 heterocycles. The number of anilines is 1. The van der Waals surface area contributed by atoms with E-state index in [0.717, 1.165) is 22.7 Å². The molecule has 0 saturated carbocycles. The second-order valence-corrected chi connectivity index (χ2v) is 7.89. The fourth-order valence-corrected chi connectivity index (χ4v) is 3.77. The van der Waals surface area contributed by atoms with Crippen LogP contribution in [0.3, 0.4) is 0 Å². The number of halogens is 1. The van der Waals surface area contributed by atoms with Crippen LogP contribution in [0.2, 0.25) is 5.02 Å². The fourth-order valence-electron chi connectivity index (χ4n) is 2.85. The molecule has 0 spiro atoms. The molecular weight excluding hydrogens is 436 g/mol. The van der Waals surface area contributed by atoms with Crippen molar-refractivity contribution in [3.8, 4) is 27.9 Å². The van der Waals surface area contributed by atoms with E-state index in [4.69, 9.17) is 21.1 Å². The second-order valence-electron chi connectivity index (χ2n) is 6.62. The van der Waals surface area contributed by atoms with Gasteiger partial charge < -0.3 is 14.8 Å². The van der Waals surface area contributed by atoms with Crippen molar-refractivity contribution < 1.29 is 14.3 Å². The molecule has 0 fully saturated rings. The van der Waals surface area contributed by atoms with Gasteiger partial charge in [-0.05, 0) is 55.5 Å². The largest absolute Gasteiger partial charge is 0.497 e. The van der Waals surface area contributed by atoms with Crippen LogP contribution in [0.5, 0.6) is 11.5 Å². The third-order valence-corrected chi connectivity index (χ3v) is 5.41. The minimum Gasteiger partial charge on any atom is -0.497 e. The third kappa shape index (κ3) is 5.04. The Labute approximate surface area is 188 Å². The van der Waals surface area contributed by atoms with E-state index in [2.05, 4.69) is 15.4 Å². The fraction of sp³-hybridized carbons (Fsp3) is 0.136. The van der Waals surface area contributed by atoms with Gasteiger partial charge in [-0.15, -0.1) is 11.3 Å². The number of aromatic nitrogens is 3. The molecular formula is C22H19ClN4O3S. The summed E-state index contributed by atoms with van der Waals surface area (Å²) in [6.07, 6.45) is 0. The smallest absolute Gasteiger partial charge is 0.263 e. The van der Waals surface area contributed by atoms with Gasteiger partial charge in [-0.25, -0.2) is 4.98 Å². The molecule has 1 N–H and O–H groups in total. The average molecular weight is 455 g/mol. The maximum absolute atomic E-state index is 12.4. The molecule has 0 unspecified atom stereocenters. The molecule has 0 aliphatic carbocycles. The number of carbonyl (C=O) groups excluding carboxylic acids is 1. The first kappa shape index (κ1) is 20.9. The molecule has 0 radical (unpaired) electrons. The summed E-state index contributed by atoms with van der Waals surface area (Å²) in [5.74, 6) is 1.57. The molecule has 7 nitrogen and oxygen atoms in total. The standard InChI is InChI=1S/C22H19ClN4O3S/c1-14-11-20(25-21(28)12-30-18-9-5-16(23)6-10-18)27(26-14)22-24-19(13-31-22)15-3-7-17(29-2)8-4-15/h3-11,13H,12H2,1-2H3,(H,25,28). The Morgan fingerprint density at radius 3 is 2.55 bits per heavy atom. The predicted molar refractivity (Wildman–Crippen MR) is 122 cm³/mol. The Balaban J connectivity index is 1.47. The van der Waals surface area contributed by atoms with Gasteiger partial charge in [-0.2, -0.15) is 9.78 Å². The summed E-state index contributed by atoms with van der Waals surface area (Å²) >= 11 is 7.30. The van der Waals surface area contributed by atoms with Gasteiger partial charge in [0, 0.05) is 22.0 Å². The number of methoxy groups -OCH3 is 1. The molecule has 1 amide bonds. The van der Waals surface area contributed by atoms with E-state index >= 15 is 0 Å². The molecule has 4 aromatic rings. The van der Waals surface area contributed by atoms with Crippen LogP contribution in [-0.2, 0) is 4.79 Å². The number of nitrogens with one attached hydrogen (secondary N) is 1. The van der Waals surface area contributed by atoms with E-state index in [1.807, 2.05) is 36.6 Å². The highest BCUT2D eigenvalue weighted by Crippen LogP contribution is 2.27. The van der Waals surface area contributed by atoms with Crippen LogP contribution in [0, 0.1) is 6.92 Å². The third-order valence-electron chi connectivity index (χ3n) is 4.34. The summed E-state index contributed by atoms with van der Waals surface area (Å²) in [5.41, 5.74) is 2.54. The van der Waals surface area contributed by atoms with Gasteiger partial charge in [-0.1, -0.05) is 11.6 Å². The van der Waals surface area contributed by atoms with E-state index in [-0.39, 0.29) is 12.5 Å². The van der Waals surface area contributed by atoms with Gasteiger partial charge in [-0.3, -0.25) is 4.79 Å². The number of nitrogens with zero attached hydrogens (tertiary/aromatic N) is 3. The number of benzene rings is 2. The Hall–Kier alpha value is -3.36. The molecule has 2 aromatic heterocycles. The quantitative estimate of drug-likeness (QED) is 0.426. The second kappa shape index (κ2) is 9.20. The van der Waals surface area contributed by atoms with Crippen molar-refractivity contribution in [3.63, 3.8) is 0 Å². The number of thiazole rings is 1. The van der Waals surface area contributed by atoms with Gasteiger partial charge >= 0.3 is 0 Å². The maximum Gasteiger partial charge on any atom is 0.263 e. The lowest BCUT2D eigenvalue weighted by Gasteiger charge is -2.08. The molecule has 9 heteroatoms. The molecule has 0 atom stereocenters. The van der Waals surface area contributed by atoms with Crippen molar-refractivity contribution >= 4 is 34.7 Å². The monoisotopic (exact) mass is 454 g/mol. The van der Waals surface area contributed by atoms with Gasteiger partial charge in [0.05, 0.1) is 18.5 Å². The molecule has 0 aliphatic heterocycles. The molecule has 0 bridgehead atoms. The Morgan fingerprint density at radius 2 is 1.84 bits per heavy atom. The number of amides is 1. The van der Waals surface area contributed by atoms with Crippen LogP contribution in [0.1, 0.15) is 5.69 Å². The van der Waals surface area contributed by atoms with Crippen LogP contribution in [0.25, 0.3) is 16.4 Å². The van der Waals surface area contributed by atoms with E-state index in [0.29, 0.717) is 21.7 Å². The number of rotatable bonds is 7. The van der Waals surface area contributed by atoms with E-state index in [9.17, 15) is 4.79 Å². The van der Waals surface area contributed by atoms with Crippen LogP contribution in [0.15, 0.2) is 60.0 Å². The summed E-state index contributed by atoms with van der Waals surface area (Å²) in [6.45, 7) is 1.72. The average Bonchev–Trinajstić information content (AvgIpc) is 3.40. The Bertz CT molecular complexity index is 1190. The Morgan fingerprint density at radius 1 is 1.13 bits per heavy atom. The first-order valence-electron chi connectivity index (χ1n) is 9.37. The van der Waals surface area contributed by atoms with Crippen LogP contribution >= 0.6 is 22.9 Å². The van der Waals surface area contributed by atoms with Gasteiger partial charge in [0.15, 0.2) is 6.61 Å². The first-order valence-corrected chi connectivity index (χ1v) is 10.6. The number of hydrogen-bond donors (Lipinski definition) is 1. The predicted octanol–water partition coefficient (Wildman–Crippen LogP) is 4.98. The topological polar surface area (TPSA) is 78.3 Å². The highest BCUT2D eigenvalue weighted by Gasteiger charge is 2.15. The van der Waals surface area contributed by atoms with Crippen molar-refractivity contribution in [2.75, 3.05) is 19.0 Å². The van der Waals surface area contributed by atoms with Crippen molar-refractivity contribution in [1.82, 2.24) is 14.8 Å². The minimum atomic E-state index is -0.303. The number of ether oxygens (including phenoxy) is 2. The van der Waals surface area contributed by atoms with Crippen molar-refractivity contribution in [2.45, 2.75) is 6.92 Å². The van der Waals surface area contributed by atoms with E-state index < -0.39 is 0 Å². The molecule has 158 valence electrons. The van der Waals surface area contributed by atoms with Crippen molar-refractivity contribution in [1.29, 1.82) is 0 Å². The van der Waals surface area contributed by atoms with E-state index in [1.165, 1.54) is 11.3 Å². The van der Waals surface area contributed by atoms with Crippen molar-refractivity contribution in [2.24, 2.45) is 0 Å².